The number of hydrogen-bond acceptors (Lipinski definition) is 3. The largest absolute Gasteiger partial charge is 0.480 e. The minimum Gasteiger partial charge on any atom is -0.480 e. The predicted octanol–water partition coefficient (Wildman–Crippen LogP) is 2.54. The quantitative estimate of drug-likeness (QED) is 0.590. The number of nitrogens with one attached hydrogen (secondary N) is 1. The number of fused-ring (bicyclic) bond motifs is 1. The SMILES string of the molecule is [B]CCCNC(C(=O)O)C1CCN(C2CCc3ccc(F)cc32)CC1. The molecule has 1 heterocycles. The van der Waals surface area contributed by atoms with E-state index in [-0.39, 0.29) is 17.8 Å². The highest BCUT2D eigenvalue weighted by atomic mass is 19.1. The Bertz CT molecular complexity index is 605. The van der Waals surface area contributed by atoms with E-state index in [9.17, 15) is 14.3 Å². The number of carbonyl (C=O) groups is 1. The average molecular weight is 344 g/mol. The molecule has 2 aliphatic rings. The third-order valence-electron chi connectivity index (χ3n) is 5.65. The summed E-state index contributed by atoms with van der Waals surface area (Å²) in [6.45, 7) is 2.38. The molecule has 3 rings (SSSR count). The van der Waals surface area contributed by atoms with Gasteiger partial charge in [0.05, 0.1) is 7.85 Å². The van der Waals surface area contributed by atoms with Crippen LogP contribution in [-0.2, 0) is 11.2 Å². The van der Waals surface area contributed by atoms with E-state index >= 15 is 0 Å². The molecule has 2 unspecified atom stereocenters. The monoisotopic (exact) mass is 344 g/mol. The van der Waals surface area contributed by atoms with Gasteiger partial charge in [-0.1, -0.05) is 12.4 Å². The topological polar surface area (TPSA) is 52.6 Å². The summed E-state index contributed by atoms with van der Waals surface area (Å²) >= 11 is 0. The molecule has 0 aromatic heterocycles. The van der Waals surface area contributed by atoms with E-state index in [1.54, 1.807) is 6.07 Å². The van der Waals surface area contributed by atoms with Crippen LogP contribution in [0.2, 0.25) is 6.32 Å². The Kier molecular flexibility index (Phi) is 6.13. The molecule has 134 valence electrons. The van der Waals surface area contributed by atoms with Crippen molar-refractivity contribution in [2.45, 2.75) is 50.5 Å². The molecule has 25 heavy (non-hydrogen) atoms. The van der Waals surface area contributed by atoms with E-state index < -0.39 is 12.0 Å². The molecule has 1 aromatic carbocycles. The van der Waals surface area contributed by atoms with Crippen molar-refractivity contribution in [3.8, 4) is 0 Å². The minimum absolute atomic E-state index is 0.139. The first-order valence-corrected chi connectivity index (χ1v) is 9.28. The second-order valence-electron chi connectivity index (χ2n) is 7.18. The van der Waals surface area contributed by atoms with Crippen molar-refractivity contribution >= 4 is 13.8 Å². The van der Waals surface area contributed by atoms with Gasteiger partial charge in [0.25, 0.3) is 0 Å². The van der Waals surface area contributed by atoms with Crippen LogP contribution < -0.4 is 5.32 Å². The molecule has 0 bridgehead atoms. The van der Waals surface area contributed by atoms with Crippen LogP contribution in [0.4, 0.5) is 4.39 Å². The molecular weight excluding hydrogens is 318 g/mol. The summed E-state index contributed by atoms with van der Waals surface area (Å²) in [7, 11) is 5.49. The normalized spacial score (nSPS) is 22.7. The highest BCUT2D eigenvalue weighted by molar-refractivity contribution is 6.08. The lowest BCUT2D eigenvalue weighted by molar-refractivity contribution is -0.141. The van der Waals surface area contributed by atoms with Gasteiger partial charge in [0, 0.05) is 6.04 Å². The van der Waals surface area contributed by atoms with E-state index in [1.165, 1.54) is 11.6 Å². The molecule has 1 fully saturated rings. The molecule has 2 radical (unpaired) electrons. The van der Waals surface area contributed by atoms with E-state index in [0.717, 1.165) is 50.8 Å². The Labute approximate surface area is 150 Å². The number of rotatable bonds is 7. The molecule has 0 amide bonds. The third kappa shape index (κ3) is 4.23. The molecule has 4 nitrogen and oxygen atoms in total. The zero-order chi connectivity index (χ0) is 17.8. The summed E-state index contributed by atoms with van der Waals surface area (Å²) in [5.74, 6) is -0.806. The molecule has 1 aromatic rings. The lowest BCUT2D eigenvalue weighted by atomic mass is 9.88. The summed E-state index contributed by atoms with van der Waals surface area (Å²) in [6.07, 6.45) is 5.09. The van der Waals surface area contributed by atoms with Gasteiger partial charge in [0.15, 0.2) is 0 Å². The molecule has 0 saturated carbocycles. The van der Waals surface area contributed by atoms with Gasteiger partial charge in [-0.05, 0) is 80.9 Å². The number of nitrogens with zero attached hydrogens (tertiary/aromatic N) is 1. The van der Waals surface area contributed by atoms with Gasteiger partial charge in [-0.25, -0.2) is 4.39 Å². The Hall–Kier alpha value is -1.40. The number of benzene rings is 1. The molecule has 1 aliphatic heterocycles. The molecule has 2 N–H and O–H groups in total. The third-order valence-corrected chi connectivity index (χ3v) is 5.65. The number of hydrogen-bond donors (Lipinski definition) is 2. The number of halogens is 1. The van der Waals surface area contributed by atoms with Crippen molar-refractivity contribution in [3.63, 3.8) is 0 Å². The van der Waals surface area contributed by atoms with Crippen molar-refractivity contribution in [3.05, 3.63) is 35.1 Å². The fourth-order valence-corrected chi connectivity index (χ4v) is 4.31. The van der Waals surface area contributed by atoms with Crippen LogP contribution in [0.5, 0.6) is 0 Å². The van der Waals surface area contributed by atoms with Gasteiger partial charge in [0.1, 0.15) is 11.9 Å². The lowest BCUT2D eigenvalue weighted by Gasteiger charge is -2.38. The van der Waals surface area contributed by atoms with Crippen LogP contribution >= 0.6 is 0 Å². The van der Waals surface area contributed by atoms with Crippen molar-refractivity contribution in [1.82, 2.24) is 10.2 Å². The van der Waals surface area contributed by atoms with E-state index in [1.807, 2.05) is 6.07 Å². The van der Waals surface area contributed by atoms with Crippen LogP contribution in [0.25, 0.3) is 0 Å². The number of likely N-dealkylation sites (tertiary alicyclic amines) is 1. The van der Waals surface area contributed by atoms with E-state index in [2.05, 4.69) is 10.2 Å². The molecule has 0 spiro atoms. The zero-order valence-corrected chi connectivity index (χ0v) is 14.6. The summed E-state index contributed by atoms with van der Waals surface area (Å²) in [5, 5.41) is 12.7. The van der Waals surface area contributed by atoms with Crippen LogP contribution in [0.3, 0.4) is 0 Å². The fourth-order valence-electron chi connectivity index (χ4n) is 4.31. The van der Waals surface area contributed by atoms with E-state index in [0.29, 0.717) is 12.9 Å². The Morgan fingerprint density at radius 1 is 1.36 bits per heavy atom. The summed E-state index contributed by atoms with van der Waals surface area (Å²) in [6, 6.07) is 4.90. The Morgan fingerprint density at radius 2 is 2.12 bits per heavy atom. The van der Waals surface area contributed by atoms with Crippen LogP contribution in [0.15, 0.2) is 18.2 Å². The first kappa shape index (κ1) is 18.4. The van der Waals surface area contributed by atoms with Gasteiger partial charge in [-0.15, -0.1) is 0 Å². The maximum absolute atomic E-state index is 13.6. The second-order valence-corrected chi connectivity index (χ2v) is 7.18. The summed E-state index contributed by atoms with van der Waals surface area (Å²) < 4.78 is 13.6. The highest BCUT2D eigenvalue weighted by Gasteiger charge is 2.35. The van der Waals surface area contributed by atoms with Crippen LogP contribution in [0, 0.1) is 11.7 Å². The number of carboxylic acids is 1. The van der Waals surface area contributed by atoms with Crippen LogP contribution in [-0.4, -0.2) is 49.5 Å². The second kappa shape index (κ2) is 8.32. The number of aliphatic carboxylic acids is 1. The van der Waals surface area contributed by atoms with Crippen molar-refractivity contribution in [2.75, 3.05) is 19.6 Å². The number of carboxylic acid groups (broad SMARTS) is 1. The minimum atomic E-state index is -0.774. The average Bonchev–Trinajstić information content (AvgIpc) is 3.02. The maximum Gasteiger partial charge on any atom is 0.320 e. The van der Waals surface area contributed by atoms with Crippen molar-refractivity contribution in [1.29, 1.82) is 0 Å². The van der Waals surface area contributed by atoms with Crippen molar-refractivity contribution in [2.24, 2.45) is 5.92 Å². The first-order chi connectivity index (χ1) is 12.1. The molecule has 1 aliphatic carbocycles. The Morgan fingerprint density at radius 3 is 2.80 bits per heavy atom. The Balaban J connectivity index is 1.59. The first-order valence-electron chi connectivity index (χ1n) is 9.28. The zero-order valence-electron chi connectivity index (χ0n) is 14.6. The van der Waals surface area contributed by atoms with Gasteiger partial charge in [0.2, 0.25) is 0 Å². The molecular formula is C19H26BFN2O2. The molecule has 2 atom stereocenters. The number of aryl methyl sites for hydroxylation is 1. The van der Waals surface area contributed by atoms with E-state index in [4.69, 9.17) is 7.85 Å². The van der Waals surface area contributed by atoms with Crippen molar-refractivity contribution < 1.29 is 14.3 Å². The smallest absolute Gasteiger partial charge is 0.320 e. The van der Waals surface area contributed by atoms with Gasteiger partial charge in [-0.3, -0.25) is 9.69 Å². The summed E-state index contributed by atoms with van der Waals surface area (Å²) in [4.78, 5) is 14.0. The van der Waals surface area contributed by atoms with Gasteiger partial charge < -0.3 is 10.4 Å². The predicted molar refractivity (Wildman–Crippen MR) is 96.4 cm³/mol. The summed E-state index contributed by atoms with van der Waals surface area (Å²) in [5.41, 5.74) is 2.37. The van der Waals surface area contributed by atoms with Gasteiger partial charge in [-0.2, -0.15) is 0 Å². The molecule has 1 saturated heterocycles. The van der Waals surface area contributed by atoms with Crippen LogP contribution in [0.1, 0.15) is 42.9 Å². The molecule has 6 heteroatoms. The maximum atomic E-state index is 13.6. The fraction of sp³-hybridized carbons (Fsp3) is 0.632. The number of piperidine rings is 1. The highest BCUT2D eigenvalue weighted by Crippen LogP contribution is 2.38. The standard InChI is InChI=1S/C19H26BFN2O2/c20-8-1-9-22-18(19(24)25)14-6-10-23(11-7-14)17-5-3-13-2-4-15(21)12-16(13)17/h2,4,12,14,17-18,22H,1,3,5-11H2,(H,24,25). The van der Waals surface area contributed by atoms with Gasteiger partial charge >= 0.3 is 5.97 Å². The lowest BCUT2D eigenvalue weighted by Crippen LogP contribution is -2.48.